The van der Waals surface area contributed by atoms with E-state index in [0.717, 1.165) is 4.90 Å². The summed E-state index contributed by atoms with van der Waals surface area (Å²) in [4.78, 5) is 48.0. The Morgan fingerprint density at radius 2 is 1.79 bits per heavy atom. The van der Waals surface area contributed by atoms with E-state index in [-0.39, 0.29) is 46.1 Å². The van der Waals surface area contributed by atoms with Crippen molar-refractivity contribution in [2.75, 3.05) is 9.80 Å². The maximum atomic E-state index is 14.5. The maximum Gasteiger partial charge on any atom is 0.252 e. The highest BCUT2D eigenvalue weighted by Crippen LogP contribution is 2.40. The second-order valence-corrected chi connectivity index (χ2v) is 10.5. The third kappa shape index (κ3) is 5.65. The highest BCUT2D eigenvalue weighted by Gasteiger charge is 2.48. The highest BCUT2D eigenvalue weighted by atomic mass is 35.5. The Kier molecular flexibility index (Phi) is 7.88. The first-order chi connectivity index (χ1) is 20.1. The van der Waals surface area contributed by atoms with Gasteiger partial charge in [0.05, 0.1) is 23.3 Å². The van der Waals surface area contributed by atoms with Crippen LogP contribution in [-0.4, -0.2) is 40.7 Å². The van der Waals surface area contributed by atoms with Gasteiger partial charge in [-0.3, -0.25) is 24.2 Å². The number of hydrogen-bond acceptors (Lipinski definition) is 6. The largest absolute Gasteiger partial charge is 0.351 e. The third-order valence-corrected chi connectivity index (χ3v) is 7.60. The van der Waals surface area contributed by atoms with E-state index in [9.17, 15) is 33.7 Å². The van der Waals surface area contributed by atoms with Gasteiger partial charge in [0.25, 0.3) is 11.8 Å². The van der Waals surface area contributed by atoms with Crippen LogP contribution in [0.5, 0.6) is 0 Å². The molecule has 5 rings (SSSR count). The first-order valence-electron chi connectivity index (χ1n) is 13.1. The molecule has 1 saturated carbocycles. The zero-order valence-corrected chi connectivity index (χ0v) is 22.8. The number of aromatic nitrogens is 1. The van der Waals surface area contributed by atoms with Gasteiger partial charge in [-0.1, -0.05) is 35.9 Å². The molecule has 9 nitrogen and oxygen atoms in total. The molecule has 42 heavy (non-hydrogen) atoms. The molecule has 3 aromatic rings. The van der Waals surface area contributed by atoms with Gasteiger partial charge in [0.15, 0.2) is 0 Å². The van der Waals surface area contributed by atoms with Crippen LogP contribution in [0.3, 0.4) is 0 Å². The molecule has 2 atom stereocenters. The summed E-state index contributed by atoms with van der Waals surface area (Å²) in [5.41, 5.74) is 0.815. The summed E-state index contributed by atoms with van der Waals surface area (Å²) in [7, 11) is 0. The summed E-state index contributed by atoms with van der Waals surface area (Å²) in [6, 6.07) is 15.8. The fourth-order valence-electron chi connectivity index (χ4n) is 5.25. The molecule has 1 aliphatic heterocycles. The molecule has 1 saturated heterocycles. The zero-order valence-electron chi connectivity index (χ0n) is 22.0. The van der Waals surface area contributed by atoms with Gasteiger partial charge in [-0.2, -0.15) is 10.5 Å². The number of halogens is 3. The van der Waals surface area contributed by atoms with E-state index < -0.39 is 54.6 Å². The smallest absolute Gasteiger partial charge is 0.252 e. The van der Waals surface area contributed by atoms with Gasteiger partial charge in [-0.15, -0.1) is 0 Å². The number of carbonyl (C=O) groups excluding carboxylic acids is 3. The maximum absolute atomic E-state index is 14.5. The summed E-state index contributed by atoms with van der Waals surface area (Å²) in [6.07, 6.45) is 0.343. The SMILES string of the molecule is N#Cc1cccc(N(C(=O)[C@@H]2CCC(=O)N2c2cc(C#N)ccn2)[C@H](C(=O)NC2CC(F)(F)C2)c2ccccc2Cl)c1. The first-order valence-corrected chi connectivity index (χ1v) is 13.4. The Morgan fingerprint density at radius 3 is 2.48 bits per heavy atom. The molecular weight excluding hydrogens is 566 g/mol. The molecule has 0 unspecified atom stereocenters. The lowest BCUT2D eigenvalue weighted by Gasteiger charge is -2.39. The minimum absolute atomic E-state index is 0.00105. The van der Waals surface area contributed by atoms with E-state index in [0.29, 0.717) is 0 Å². The molecule has 0 spiro atoms. The van der Waals surface area contributed by atoms with Crippen LogP contribution in [0, 0.1) is 22.7 Å². The van der Waals surface area contributed by atoms with E-state index in [1.807, 2.05) is 12.1 Å². The summed E-state index contributed by atoms with van der Waals surface area (Å²) in [6.45, 7) is 0. The van der Waals surface area contributed by atoms with Crippen LogP contribution < -0.4 is 15.1 Å². The fourth-order valence-corrected chi connectivity index (χ4v) is 5.49. The number of nitrogens with zero attached hydrogens (tertiary/aromatic N) is 5. The third-order valence-electron chi connectivity index (χ3n) is 7.25. The number of benzene rings is 2. The highest BCUT2D eigenvalue weighted by molar-refractivity contribution is 6.31. The van der Waals surface area contributed by atoms with Crippen molar-refractivity contribution < 1.29 is 23.2 Å². The summed E-state index contributed by atoms with van der Waals surface area (Å²) < 4.78 is 27.3. The number of amides is 3. The van der Waals surface area contributed by atoms with E-state index in [4.69, 9.17) is 11.6 Å². The number of pyridine rings is 1. The molecule has 0 bridgehead atoms. The van der Waals surface area contributed by atoms with Crippen LogP contribution in [0.4, 0.5) is 20.3 Å². The van der Waals surface area contributed by atoms with Crippen LogP contribution in [0.1, 0.15) is 48.4 Å². The number of hydrogen-bond donors (Lipinski definition) is 1. The molecule has 1 N–H and O–H groups in total. The van der Waals surface area contributed by atoms with Crippen LogP contribution >= 0.6 is 11.6 Å². The Labute approximate surface area is 244 Å². The van der Waals surface area contributed by atoms with Crippen LogP contribution in [0.2, 0.25) is 5.02 Å². The van der Waals surface area contributed by atoms with Crippen molar-refractivity contribution in [3.8, 4) is 12.1 Å². The van der Waals surface area contributed by atoms with Crippen LogP contribution in [0.25, 0.3) is 0 Å². The molecule has 12 heteroatoms. The summed E-state index contributed by atoms with van der Waals surface area (Å²) in [5, 5.41) is 21.7. The Balaban J connectivity index is 1.62. The lowest BCUT2D eigenvalue weighted by Crippen LogP contribution is -2.56. The number of rotatable bonds is 7. The van der Waals surface area contributed by atoms with Crippen LogP contribution in [0.15, 0.2) is 66.9 Å². The summed E-state index contributed by atoms with van der Waals surface area (Å²) >= 11 is 6.53. The standard InChI is InChI=1S/C30H23ClF2N6O3/c31-23-7-2-1-6-22(23)27(28(41)37-20-14-30(32,33)15-20)38(21-5-3-4-18(12-21)16-34)29(42)24-8-9-26(40)39(24)25-13-19(17-35)10-11-36-25/h1-7,10-13,20,24,27H,8-9,14-15H2,(H,37,41)/t24-,27-/m0/s1. The molecule has 1 aliphatic carbocycles. The molecule has 212 valence electrons. The average Bonchev–Trinajstić information content (AvgIpc) is 3.36. The van der Waals surface area contributed by atoms with Gasteiger partial charge in [0, 0.05) is 47.8 Å². The fraction of sp³-hybridized carbons (Fsp3) is 0.267. The number of carbonyl (C=O) groups is 3. The van der Waals surface area contributed by atoms with Gasteiger partial charge in [-0.25, -0.2) is 13.8 Å². The normalized spacial score (nSPS) is 18.4. The monoisotopic (exact) mass is 588 g/mol. The molecule has 2 aliphatic rings. The number of nitrogens with one attached hydrogen (secondary N) is 1. The van der Waals surface area contributed by atoms with Crippen LogP contribution in [-0.2, 0) is 14.4 Å². The lowest BCUT2D eigenvalue weighted by molar-refractivity contribution is -0.133. The average molecular weight is 589 g/mol. The van der Waals surface area contributed by atoms with Crippen molar-refractivity contribution in [3.63, 3.8) is 0 Å². The molecule has 2 fully saturated rings. The van der Waals surface area contributed by atoms with E-state index in [2.05, 4.69) is 10.3 Å². The topological polar surface area (TPSA) is 130 Å². The predicted molar refractivity (Wildman–Crippen MR) is 148 cm³/mol. The lowest BCUT2D eigenvalue weighted by atomic mass is 9.87. The van der Waals surface area contributed by atoms with Crippen molar-refractivity contribution >= 4 is 40.8 Å². The predicted octanol–water partition coefficient (Wildman–Crippen LogP) is 4.66. The molecule has 1 aromatic heterocycles. The molecule has 3 amide bonds. The summed E-state index contributed by atoms with van der Waals surface area (Å²) in [5.74, 6) is -4.64. The quantitative estimate of drug-likeness (QED) is 0.427. The minimum Gasteiger partial charge on any atom is -0.351 e. The van der Waals surface area contributed by atoms with Gasteiger partial charge in [0.2, 0.25) is 11.8 Å². The minimum atomic E-state index is -2.90. The van der Waals surface area contributed by atoms with Gasteiger partial charge in [0.1, 0.15) is 17.9 Å². The van der Waals surface area contributed by atoms with E-state index in [1.54, 1.807) is 18.2 Å². The molecule has 2 heterocycles. The first kappa shape index (κ1) is 28.7. The van der Waals surface area contributed by atoms with Gasteiger partial charge >= 0.3 is 0 Å². The van der Waals surface area contributed by atoms with E-state index >= 15 is 0 Å². The molecular formula is C30H23ClF2N6O3. The molecule has 2 aromatic carbocycles. The van der Waals surface area contributed by atoms with Gasteiger partial charge in [-0.05, 0) is 42.8 Å². The van der Waals surface area contributed by atoms with Crippen molar-refractivity contribution in [2.24, 2.45) is 0 Å². The second-order valence-electron chi connectivity index (χ2n) is 10.1. The van der Waals surface area contributed by atoms with Crippen molar-refractivity contribution in [2.45, 2.75) is 49.7 Å². The number of anilines is 2. The Hall–Kier alpha value is -4.87. The zero-order chi connectivity index (χ0) is 30.0. The number of alkyl halides is 2. The van der Waals surface area contributed by atoms with Crippen molar-refractivity contribution in [1.82, 2.24) is 10.3 Å². The van der Waals surface area contributed by atoms with E-state index in [1.165, 1.54) is 53.6 Å². The van der Waals surface area contributed by atoms with Crippen molar-refractivity contribution in [3.05, 3.63) is 88.6 Å². The molecule has 0 radical (unpaired) electrons. The Morgan fingerprint density at radius 1 is 1.07 bits per heavy atom. The Bertz CT molecular complexity index is 1640. The number of nitriles is 2. The second kappa shape index (κ2) is 11.6. The van der Waals surface area contributed by atoms with Crippen molar-refractivity contribution in [1.29, 1.82) is 10.5 Å². The van der Waals surface area contributed by atoms with Gasteiger partial charge < -0.3 is 5.32 Å².